The number of nitrogens with one attached hydrogen (secondary N) is 1. The predicted molar refractivity (Wildman–Crippen MR) is 118 cm³/mol. The van der Waals surface area contributed by atoms with Gasteiger partial charge in [-0.25, -0.2) is 0 Å². The molecule has 26 heavy (non-hydrogen) atoms. The van der Waals surface area contributed by atoms with Crippen molar-refractivity contribution >= 4 is 50.8 Å². The molecule has 0 aliphatic carbocycles. The Morgan fingerprint density at radius 3 is 2.38 bits per heavy atom. The Bertz CT molecular complexity index is 1030. The highest BCUT2D eigenvalue weighted by Crippen LogP contribution is 2.19. The van der Waals surface area contributed by atoms with Crippen LogP contribution in [-0.2, 0) is 13.0 Å². The Kier molecular flexibility index (Phi) is 4.96. The fourth-order valence-electron chi connectivity index (χ4n) is 3.32. The number of aromatic nitrogens is 1. The van der Waals surface area contributed by atoms with Crippen molar-refractivity contribution in [2.75, 3.05) is 6.54 Å². The number of nitrogens with zero attached hydrogens (tertiary/aromatic N) is 1. The van der Waals surface area contributed by atoms with Crippen LogP contribution in [0.2, 0.25) is 0 Å². The van der Waals surface area contributed by atoms with Gasteiger partial charge >= 0.3 is 0 Å². The maximum Gasteiger partial charge on any atom is 0.133 e. The molecular formula is C22H20N2S2. The lowest BCUT2D eigenvalue weighted by Crippen LogP contribution is -2.28. The van der Waals surface area contributed by atoms with Crippen molar-refractivity contribution in [2.24, 2.45) is 0 Å². The number of H-pyrrole nitrogens is 1. The lowest BCUT2D eigenvalue weighted by Gasteiger charge is -2.22. The molecule has 0 spiro atoms. The summed E-state index contributed by atoms with van der Waals surface area (Å²) in [5, 5.41) is 3.76. The number of hydrogen-bond donors (Lipinski definition) is 2. The molecular weight excluding hydrogens is 356 g/mol. The molecule has 4 rings (SSSR count). The molecule has 0 aliphatic heterocycles. The third kappa shape index (κ3) is 3.76. The highest BCUT2D eigenvalue weighted by molar-refractivity contribution is 8.10. The zero-order valence-corrected chi connectivity index (χ0v) is 16.1. The molecule has 0 aliphatic rings. The average molecular weight is 377 g/mol. The SMILES string of the molecule is S=C(S)N(CCc1cc2ccccc2[nH]1)Cc1ccc2ccccc2c1. The quantitative estimate of drug-likeness (QED) is 0.350. The average Bonchev–Trinajstić information content (AvgIpc) is 3.07. The van der Waals surface area contributed by atoms with E-state index in [4.69, 9.17) is 12.2 Å². The van der Waals surface area contributed by atoms with Crippen molar-refractivity contribution in [1.29, 1.82) is 0 Å². The van der Waals surface area contributed by atoms with Crippen LogP contribution in [0.4, 0.5) is 0 Å². The number of thiocarbonyl (C=S) groups is 1. The van der Waals surface area contributed by atoms with E-state index in [-0.39, 0.29) is 0 Å². The monoisotopic (exact) mass is 376 g/mol. The van der Waals surface area contributed by atoms with Gasteiger partial charge in [-0.2, -0.15) is 0 Å². The minimum absolute atomic E-state index is 0.634. The van der Waals surface area contributed by atoms with Crippen molar-refractivity contribution in [3.05, 3.63) is 84.1 Å². The first kappa shape index (κ1) is 17.1. The van der Waals surface area contributed by atoms with Gasteiger partial charge in [-0.1, -0.05) is 66.8 Å². The van der Waals surface area contributed by atoms with Gasteiger partial charge in [0.2, 0.25) is 0 Å². The van der Waals surface area contributed by atoms with Crippen molar-refractivity contribution in [3.63, 3.8) is 0 Å². The molecule has 1 aromatic heterocycles. The molecule has 1 N–H and O–H groups in total. The fourth-order valence-corrected chi connectivity index (χ4v) is 3.65. The van der Waals surface area contributed by atoms with E-state index in [9.17, 15) is 0 Å². The second kappa shape index (κ2) is 7.52. The summed E-state index contributed by atoms with van der Waals surface area (Å²) in [6.45, 7) is 1.61. The molecule has 0 fully saturated rings. The van der Waals surface area contributed by atoms with Gasteiger partial charge in [-0.05, 0) is 39.9 Å². The van der Waals surface area contributed by atoms with Crippen LogP contribution in [0.5, 0.6) is 0 Å². The smallest absolute Gasteiger partial charge is 0.133 e. The van der Waals surface area contributed by atoms with Gasteiger partial charge in [0.25, 0.3) is 0 Å². The van der Waals surface area contributed by atoms with Crippen molar-refractivity contribution in [1.82, 2.24) is 9.88 Å². The van der Waals surface area contributed by atoms with Gasteiger partial charge in [0, 0.05) is 30.7 Å². The van der Waals surface area contributed by atoms with Gasteiger partial charge in [-0.3, -0.25) is 0 Å². The van der Waals surface area contributed by atoms with Crippen LogP contribution in [0.15, 0.2) is 72.8 Å². The second-order valence-corrected chi connectivity index (χ2v) is 7.63. The minimum atomic E-state index is 0.634. The van der Waals surface area contributed by atoms with E-state index in [0.29, 0.717) is 4.32 Å². The predicted octanol–water partition coefficient (Wildman–Crippen LogP) is 5.58. The molecule has 0 atom stereocenters. The molecule has 4 aromatic rings. The molecule has 1 heterocycles. The standard InChI is InChI=1S/C22H20N2S2/c25-22(26)24(12-11-20-14-19-7-3-4-8-21(19)23-20)15-16-9-10-17-5-1-2-6-18(17)13-16/h1-10,13-14,23H,11-12,15H2,(H,25,26). The van der Waals surface area contributed by atoms with E-state index in [1.54, 1.807) is 0 Å². The van der Waals surface area contributed by atoms with Gasteiger partial charge in [0.15, 0.2) is 0 Å². The Morgan fingerprint density at radius 1 is 0.885 bits per heavy atom. The van der Waals surface area contributed by atoms with Crippen LogP contribution >= 0.6 is 24.8 Å². The van der Waals surface area contributed by atoms with Crippen LogP contribution in [0, 0.1) is 0 Å². The molecule has 0 bridgehead atoms. The van der Waals surface area contributed by atoms with Crippen molar-refractivity contribution < 1.29 is 0 Å². The van der Waals surface area contributed by atoms with Crippen molar-refractivity contribution in [3.8, 4) is 0 Å². The summed E-state index contributed by atoms with van der Waals surface area (Å²) in [5.74, 6) is 0. The summed E-state index contributed by atoms with van der Waals surface area (Å²) in [6, 6.07) is 25.6. The summed E-state index contributed by atoms with van der Waals surface area (Å²) in [4.78, 5) is 5.63. The van der Waals surface area contributed by atoms with Crippen LogP contribution in [-0.4, -0.2) is 20.7 Å². The van der Waals surface area contributed by atoms with E-state index in [2.05, 4.69) is 95.3 Å². The maximum absolute atomic E-state index is 5.37. The van der Waals surface area contributed by atoms with Crippen LogP contribution < -0.4 is 0 Å². The number of hydrogen-bond acceptors (Lipinski definition) is 1. The summed E-state index contributed by atoms with van der Waals surface area (Å²) in [6.07, 6.45) is 0.906. The van der Waals surface area contributed by atoms with Gasteiger partial charge in [0.1, 0.15) is 4.32 Å². The maximum atomic E-state index is 5.37. The van der Waals surface area contributed by atoms with Gasteiger partial charge < -0.3 is 9.88 Å². The second-order valence-electron chi connectivity index (χ2n) is 6.52. The number of benzene rings is 3. The highest BCUT2D eigenvalue weighted by Gasteiger charge is 2.09. The molecule has 3 aromatic carbocycles. The Morgan fingerprint density at radius 2 is 1.62 bits per heavy atom. The Balaban J connectivity index is 1.48. The van der Waals surface area contributed by atoms with Gasteiger partial charge in [-0.15, -0.1) is 12.6 Å². The number of thiol groups is 1. The van der Waals surface area contributed by atoms with Crippen LogP contribution in [0.3, 0.4) is 0 Å². The molecule has 0 saturated carbocycles. The van der Waals surface area contributed by atoms with E-state index < -0.39 is 0 Å². The van der Waals surface area contributed by atoms with E-state index >= 15 is 0 Å². The molecule has 130 valence electrons. The number of aromatic amines is 1. The topological polar surface area (TPSA) is 19.0 Å². The normalized spacial score (nSPS) is 11.1. The van der Waals surface area contributed by atoms with Crippen molar-refractivity contribution in [2.45, 2.75) is 13.0 Å². The first-order valence-corrected chi connectivity index (χ1v) is 9.57. The third-order valence-electron chi connectivity index (χ3n) is 4.69. The molecule has 0 radical (unpaired) electrons. The molecule has 0 saturated heterocycles. The molecule has 0 amide bonds. The fraction of sp³-hybridized carbons (Fsp3) is 0.136. The van der Waals surface area contributed by atoms with Gasteiger partial charge in [0.05, 0.1) is 0 Å². The molecule has 4 heteroatoms. The number of rotatable bonds is 5. The molecule has 2 nitrogen and oxygen atoms in total. The zero-order valence-electron chi connectivity index (χ0n) is 14.4. The van der Waals surface area contributed by atoms with Crippen LogP contribution in [0.1, 0.15) is 11.3 Å². The minimum Gasteiger partial charge on any atom is -0.358 e. The summed E-state index contributed by atoms with van der Waals surface area (Å²) in [7, 11) is 0. The number of para-hydroxylation sites is 1. The van der Waals surface area contributed by atoms with E-state index in [0.717, 1.165) is 19.5 Å². The lowest BCUT2D eigenvalue weighted by atomic mass is 10.1. The lowest BCUT2D eigenvalue weighted by molar-refractivity contribution is 0.430. The Labute approximate surface area is 164 Å². The number of fused-ring (bicyclic) bond motifs is 2. The van der Waals surface area contributed by atoms with E-state index in [1.807, 2.05) is 0 Å². The van der Waals surface area contributed by atoms with E-state index in [1.165, 1.54) is 32.9 Å². The first-order chi connectivity index (χ1) is 12.7. The molecule has 0 unspecified atom stereocenters. The van der Waals surface area contributed by atoms with Crippen LogP contribution in [0.25, 0.3) is 21.7 Å². The highest BCUT2D eigenvalue weighted by atomic mass is 32.1. The summed E-state index contributed by atoms with van der Waals surface area (Å²) in [5.41, 5.74) is 3.65. The third-order valence-corrected chi connectivity index (χ3v) is 5.24. The Hall–Kier alpha value is -2.30. The largest absolute Gasteiger partial charge is 0.358 e. The summed E-state index contributed by atoms with van der Waals surface area (Å²) >= 11 is 9.81. The summed E-state index contributed by atoms with van der Waals surface area (Å²) < 4.78 is 0.634. The zero-order chi connectivity index (χ0) is 17.9. The first-order valence-electron chi connectivity index (χ1n) is 8.71.